The molecule has 0 unspecified atom stereocenters. The third-order valence-corrected chi connectivity index (χ3v) is 4.15. The van der Waals surface area contributed by atoms with E-state index in [4.69, 9.17) is 9.47 Å². The van der Waals surface area contributed by atoms with Crippen LogP contribution in [0, 0.1) is 0 Å². The molecular formula is C23H19NO3. The van der Waals surface area contributed by atoms with E-state index in [0.717, 1.165) is 27.6 Å². The van der Waals surface area contributed by atoms with E-state index in [1.807, 2.05) is 80.6 Å². The monoisotopic (exact) mass is 357 g/mol. The summed E-state index contributed by atoms with van der Waals surface area (Å²) in [6.45, 7) is 3.94. The van der Waals surface area contributed by atoms with Crippen molar-refractivity contribution in [3.63, 3.8) is 0 Å². The van der Waals surface area contributed by atoms with E-state index in [2.05, 4.69) is 4.99 Å². The smallest absolute Gasteiger partial charge is 0.363 e. The third kappa shape index (κ3) is 3.75. The second kappa shape index (κ2) is 7.08. The molecule has 0 saturated carbocycles. The predicted octanol–water partition coefficient (Wildman–Crippen LogP) is 4.97. The molecule has 0 aromatic heterocycles. The van der Waals surface area contributed by atoms with Crippen molar-refractivity contribution < 1.29 is 14.3 Å². The molecule has 0 spiro atoms. The highest BCUT2D eigenvalue weighted by atomic mass is 16.6. The van der Waals surface area contributed by atoms with E-state index >= 15 is 0 Å². The zero-order chi connectivity index (χ0) is 18.8. The Bertz CT molecular complexity index is 1080. The zero-order valence-electron chi connectivity index (χ0n) is 15.2. The minimum atomic E-state index is -0.451. The fourth-order valence-corrected chi connectivity index (χ4v) is 2.96. The summed E-state index contributed by atoms with van der Waals surface area (Å²) >= 11 is 0. The van der Waals surface area contributed by atoms with Gasteiger partial charge in [0.2, 0.25) is 5.90 Å². The average molecular weight is 357 g/mol. The van der Waals surface area contributed by atoms with Crippen LogP contribution in [0.3, 0.4) is 0 Å². The fraction of sp³-hybridized carbons (Fsp3) is 0.130. The van der Waals surface area contributed by atoms with E-state index in [1.165, 1.54) is 0 Å². The van der Waals surface area contributed by atoms with Gasteiger partial charge in [-0.3, -0.25) is 0 Å². The van der Waals surface area contributed by atoms with Crippen molar-refractivity contribution in [2.75, 3.05) is 0 Å². The van der Waals surface area contributed by atoms with Gasteiger partial charge in [-0.05, 0) is 60.5 Å². The number of nitrogens with zero attached hydrogens (tertiary/aromatic N) is 1. The summed E-state index contributed by atoms with van der Waals surface area (Å²) in [6, 6.07) is 21.5. The zero-order valence-corrected chi connectivity index (χ0v) is 15.2. The maximum absolute atomic E-state index is 12.3. The Balaban J connectivity index is 1.65. The normalized spacial score (nSPS) is 15.3. The lowest BCUT2D eigenvalue weighted by atomic mass is 10.1. The van der Waals surface area contributed by atoms with Gasteiger partial charge in [0.1, 0.15) is 5.75 Å². The van der Waals surface area contributed by atoms with Gasteiger partial charge in [0.05, 0.1) is 6.10 Å². The molecular weight excluding hydrogens is 338 g/mol. The van der Waals surface area contributed by atoms with E-state index in [0.29, 0.717) is 5.90 Å². The van der Waals surface area contributed by atoms with Crippen molar-refractivity contribution in [2.45, 2.75) is 20.0 Å². The van der Waals surface area contributed by atoms with Gasteiger partial charge in [0.15, 0.2) is 5.70 Å². The van der Waals surface area contributed by atoms with Crippen LogP contribution in [0.25, 0.3) is 16.8 Å². The number of hydrogen-bond acceptors (Lipinski definition) is 4. The summed E-state index contributed by atoms with van der Waals surface area (Å²) < 4.78 is 11.1. The van der Waals surface area contributed by atoms with Crippen molar-refractivity contribution in [3.8, 4) is 5.75 Å². The van der Waals surface area contributed by atoms with Gasteiger partial charge in [-0.2, -0.15) is 0 Å². The highest BCUT2D eigenvalue weighted by Gasteiger charge is 2.24. The Morgan fingerprint density at radius 2 is 1.78 bits per heavy atom. The molecule has 27 heavy (non-hydrogen) atoms. The molecule has 1 aliphatic heterocycles. The molecule has 0 aliphatic carbocycles. The van der Waals surface area contributed by atoms with Gasteiger partial charge >= 0.3 is 5.97 Å². The first-order valence-electron chi connectivity index (χ1n) is 8.87. The topological polar surface area (TPSA) is 47.9 Å². The molecule has 4 rings (SSSR count). The van der Waals surface area contributed by atoms with Gasteiger partial charge in [-0.1, -0.05) is 42.5 Å². The molecule has 134 valence electrons. The second-order valence-corrected chi connectivity index (χ2v) is 6.64. The summed E-state index contributed by atoms with van der Waals surface area (Å²) in [5.41, 5.74) is 1.89. The number of benzene rings is 3. The van der Waals surface area contributed by atoms with E-state index in [9.17, 15) is 4.79 Å². The molecule has 0 radical (unpaired) electrons. The van der Waals surface area contributed by atoms with Gasteiger partial charge < -0.3 is 9.47 Å². The maximum atomic E-state index is 12.3. The number of fused-ring (bicyclic) bond motifs is 1. The molecule has 0 fully saturated rings. The molecule has 4 nitrogen and oxygen atoms in total. The first-order chi connectivity index (χ1) is 13.1. The maximum Gasteiger partial charge on any atom is 0.363 e. The van der Waals surface area contributed by atoms with Crippen molar-refractivity contribution in [3.05, 3.63) is 83.6 Å². The minimum Gasteiger partial charge on any atom is -0.491 e. The molecule has 0 amide bonds. The Hall–Kier alpha value is -3.40. The molecule has 0 atom stereocenters. The highest BCUT2D eigenvalue weighted by molar-refractivity contribution is 6.13. The van der Waals surface area contributed by atoms with Crippen molar-refractivity contribution in [1.82, 2.24) is 0 Å². The lowest BCUT2D eigenvalue weighted by Gasteiger charge is -2.09. The number of ether oxygens (including phenoxy) is 2. The Kier molecular flexibility index (Phi) is 4.47. The molecule has 0 saturated heterocycles. The highest BCUT2D eigenvalue weighted by Crippen LogP contribution is 2.23. The number of carbonyl (C=O) groups excluding carboxylic acids is 1. The van der Waals surface area contributed by atoms with E-state index in [1.54, 1.807) is 6.08 Å². The number of rotatable bonds is 4. The summed E-state index contributed by atoms with van der Waals surface area (Å²) in [5, 5.41) is 2.20. The van der Waals surface area contributed by atoms with Gasteiger partial charge in [0.25, 0.3) is 0 Å². The summed E-state index contributed by atoms with van der Waals surface area (Å²) in [7, 11) is 0. The van der Waals surface area contributed by atoms with Crippen molar-refractivity contribution in [2.24, 2.45) is 4.99 Å². The quantitative estimate of drug-likeness (QED) is 0.489. The predicted molar refractivity (Wildman–Crippen MR) is 107 cm³/mol. The number of aliphatic imine (C=N–C) groups is 1. The summed E-state index contributed by atoms with van der Waals surface area (Å²) in [5.74, 6) is 0.629. The third-order valence-electron chi connectivity index (χ3n) is 4.15. The Morgan fingerprint density at radius 1 is 0.963 bits per heavy atom. The number of cyclic esters (lactones) is 1. The lowest BCUT2D eigenvalue weighted by Crippen LogP contribution is -2.05. The van der Waals surface area contributed by atoms with Crippen LogP contribution in [0.5, 0.6) is 5.75 Å². The SMILES string of the molecule is CC(C)Oc1cccc(/C=C2\N=C(c3ccc4ccccc4c3)OC2=O)c1. The summed E-state index contributed by atoms with van der Waals surface area (Å²) in [6.07, 6.45) is 1.80. The van der Waals surface area contributed by atoms with Gasteiger partial charge in [0, 0.05) is 5.56 Å². The largest absolute Gasteiger partial charge is 0.491 e. The molecule has 1 aliphatic rings. The standard InChI is InChI=1S/C23H19NO3/c1-15(2)26-20-9-5-6-16(12-20)13-21-23(25)27-22(24-21)19-11-10-17-7-3-4-8-18(17)14-19/h3-15H,1-2H3/b21-13-. The fourth-order valence-electron chi connectivity index (χ4n) is 2.96. The molecule has 3 aromatic rings. The van der Waals surface area contributed by atoms with Gasteiger partial charge in [-0.15, -0.1) is 0 Å². The number of esters is 1. The first kappa shape index (κ1) is 17.0. The average Bonchev–Trinajstić information content (AvgIpc) is 3.01. The van der Waals surface area contributed by atoms with Crippen molar-refractivity contribution >= 4 is 28.7 Å². The molecule has 0 N–H and O–H groups in total. The Labute approximate surface area is 157 Å². The van der Waals surface area contributed by atoms with Crippen LogP contribution in [0.4, 0.5) is 0 Å². The van der Waals surface area contributed by atoms with Crippen molar-refractivity contribution in [1.29, 1.82) is 0 Å². The number of hydrogen-bond donors (Lipinski definition) is 0. The van der Waals surface area contributed by atoms with Crippen LogP contribution in [0.1, 0.15) is 25.0 Å². The van der Waals surface area contributed by atoms with Crippen LogP contribution < -0.4 is 4.74 Å². The van der Waals surface area contributed by atoms with Crippen LogP contribution in [-0.4, -0.2) is 18.0 Å². The molecule has 0 bridgehead atoms. The van der Waals surface area contributed by atoms with Crippen LogP contribution >= 0.6 is 0 Å². The summed E-state index contributed by atoms with van der Waals surface area (Å²) in [4.78, 5) is 16.6. The molecule has 4 heteroatoms. The van der Waals surface area contributed by atoms with Crippen LogP contribution in [0.2, 0.25) is 0 Å². The molecule has 3 aromatic carbocycles. The second-order valence-electron chi connectivity index (χ2n) is 6.64. The first-order valence-corrected chi connectivity index (χ1v) is 8.87. The minimum absolute atomic E-state index is 0.0851. The van der Waals surface area contributed by atoms with E-state index in [-0.39, 0.29) is 11.8 Å². The van der Waals surface area contributed by atoms with Crippen LogP contribution in [0.15, 0.2) is 77.4 Å². The number of carbonyl (C=O) groups is 1. The van der Waals surface area contributed by atoms with Gasteiger partial charge in [-0.25, -0.2) is 9.79 Å². The van der Waals surface area contributed by atoms with E-state index < -0.39 is 5.97 Å². The van der Waals surface area contributed by atoms with Crippen LogP contribution in [-0.2, 0) is 9.53 Å². The Morgan fingerprint density at radius 3 is 2.59 bits per heavy atom. The lowest BCUT2D eigenvalue weighted by molar-refractivity contribution is -0.129. The molecule has 1 heterocycles.